The lowest BCUT2D eigenvalue weighted by Gasteiger charge is -2.19. The molecule has 1 N–H and O–H groups in total. The van der Waals surface area contributed by atoms with Gasteiger partial charge in [-0.1, -0.05) is 37.3 Å². The molecule has 1 fully saturated rings. The maximum absolute atomic E-state index is 5.93. The standard InChI is InChI=1S/C18H24N2O/c1-2-20(13-15-6-4-3-5-7-15)14-18-11-10-17(21-18)12-19-16-8-9-16/h3-7,10-11,16,19H,2,8-9,12-14H2,1H3. The van der Waals surface area contributed by atoms with Crippen LogP contribution in [0.2, 0.25) is 0 Å². The van der Waals surface area contributed by atoms with Crippen molar-refractivity contribution in [1.82, 2.24) is 10.2 Å². The second-order valence-electron chi connectivity index (χ2n) is 5.81. The molecule has 1 heterocycles. The summed E-state index contributed by atoms with van der Waals surface area (Å²) in [6, 6.07) is 15.5. The van der Waals surface area contributed by atoms with Gasteiger partial charge < -0.3 is 9.73 Å². The minimum absolute atomic E-state index is 0.726. The normalized spacial score (nSPS) is 14.8. The predicted molar refractivity (Wildman–Crippen MR) is 84.8 cm³/mol. The van der Waals surface area contributed by atoms with Crippen molar-refractivity contribution in [3.63, 3.8) is 0 Å². The molecule has 1 aliphatic carbocycles. The van der Waals surface area contributed by atoms with Crippen LogP contribution >= 0.6 is 0 Å². The summed E-state index contributed by atoms with van der Waals surface area (Å²) in [4.78, 5) is 2.40. The molecule has 0 radical (unpaired) electrons. The minimum atomic E-state index is 0.726. The summed E-state index contributed by atoms with van der Waals surface area (Å²) in [6.45, 7) is 5.91. The largest absolute Gasteiger partial charge is 0.463 e. The van der Waals surface area contributed by atoms with E-state index in [1.54, 1.807) is 0 Å². The molecule has 1 saturated carbocycles. The first-order valence-electron chi connectivity index (χ1n) is 7.90. The third kappa shape index (κ3) is 4.45. The number of benzene rings is 1. The number of hydrogen-bond acceptors (Lipinski definition) is 3. The number of rotatable bonds is 8. The van der Waals surface area contributed by atoms with Crippen LogP contribution in [0.15, 0.2) is 46.9 Å². The molecular formula is C18H24N2O. The van der Waals surface area contributed by atoms with Crippen molar-refractivity contribution in [2.45, 2.75) is 45.4 Å². The van der Waals surface area contributed by atoms with Gasteiger partial charge in [0.15, 0.2) is 0 Å². The fraction of sp³-hybridized carbons (Fsp3) is 0.444. The van der Waals surface area contributed by atoms with Crippen molar-refractivity contribution in [3.05, 3.63) is 59.5 Å². The van der Waals surface area contributed by atoms with Crippen LogP contribution in [-0.4, -0.2) is 17.5 Å². The summed E-state index contributed by atoms with van der Waals surface area (Å²) in [7, 11) is 0. The Morgan fingerprint density at radius 2 is 1.81 bits per heavy atom. The summed E-state index contributed by atoms with van der Waals surface area (Å²) in [5.41, 5.74) is 1.35. The zero-order chi connectivity index (χ0) is 14.5. The van der Waals surface area contributed by atoms with E-state index in [0.29, 0.717) is 0 Å². The highest BCUT2D eigenvalue weighted by molar-refractivity contribution is 5.15. The molecule has 1 aromatic carbocycles. The summed E-state index contributed by atoms with van der Waals surface area (Å²) in [6.07, 6.45) is 2.63. The molecule has 1 aliphatic rings. The molecule has 0 atom stereocenters. The fourth-order valence-electron chi connectivity index (χ4n) is 2.48. The lowest BCUT2D eigenvalue weighted by molar-refractivity contribution is 0.244. The van der Waals surface area contributed by atoms with E-state index in [1.807, 2.05) is 0 Å². The Bertz CT molecular complexity index is 545. The minimum Gasteiger partial charge on any atom is -0.463 e. The zero-order valence-electron chi connectivity index (χ0n) is 12.7. The second kappa shape index (κ2) is 6.92. The van der Waals surface area contributed by atoms with Gasteiger partial charge in [-0.25, -0.2) is 0 Å². The van der Waals surface area contributed by atoms with E-state index in [4.69, 9.17) is 4.42 Å². The summed E-state index contributed by atoms with van der Waals surface area (Å²) < 4.78 is 5.93. The topological polar surface area (TPSA) is 28.4 Å². The molecule has 0 spiro atoms. The van der Waals surface area contributed by atoms with Crippen LogP contribution in [0.25, 0.3) is 0 Å². The molecule has 0 bridgehead atoms. The third-order valence-corrected chi connectivity index (χ3v) is 3.94. The van der Waals surface area contributed by atoms with Gasteiger partial charge in [0.2, 0.25) is 0 Å². The van der Waals surface area contributed by atoms with Crippen LogP contribution in [0.4, 0.5) is 0 Å². The van der Waals surface area contributed by atoms with Crippen molar-refractivity contribution in [1.29, 1.82) is 0 Å². The van der Waals surface area contributed by atoms with E-state index in [9.17, 15) is 0 Å². The summed E-state index contributed by atoms with van der Waals surface area (Å²) in [5.74, 6) is 2.10. The first-order chi connectivity index (χ1) is 10.3. The van der Waals surface area contributed by atoms with Crippen LogP contribution in [0.5, 0.6) is 0 Å². The number of hydrogen-bond donors (Lipinski definition) is 1. The summed E-state index contributed by atoms with van der Waals surface area (Å²) >= 11 is 0. The Morgan fingerprint density at radius 3 is 2.52 bits per heavy atom. The van der Waals surface area contributed by atoms with Crippen molar-refractivity contribution < 1.29 is 4.42 Å². The number of nitrogens with zero attached hydrogens (tertiary/aromatic N) is 1. The van der Waals surface area contributed by atoms with Gasteiger partial charge >= 0.3 is 0 Å². The van der Waals surface area contributed by atoms with Crippen LogP contribution < -0.4 is 5.32 Å². The van der Waals surface area contributed by atoms with E-state index < -0.39 is 0 Å². The quantitative estimate of drug-likeness (QED) is 0.803. The number of nitrogens with one attached hydrogen (secondary N) is 1. The van der Waals surface area contributed by atoms with E-state index in [2.05, 4.69) is 59.6 Å². The highest BCUT2D eigenvalue weighted by Gasteiger charge is 2.20. The Morgan fingerprint density at radius 1 is 1.05 bits per heavy atom. The van der Waals surface area contributed by atoms with E-state index in [1.165, 1.54) is 18.4 Å². The molecule has 1 aromatic heterocycles. The van der Waals surface area contributed by atoms with Gasteiger partial charge in [-0.3, -0.25) is 4.90 Å². The summed E-state index contributed by atoms with van der Waals surface area (Å²) in [5, 5.41) is 3.49. The lowest BCUT2D eigenvalue weighted by atomic mass is 10.2. The van der Waals surface area contributed by atoms with Gasteiger partial charge in [-0.05, 0) is 37.1 Å². The average Bonchev–Trinajstić information content (AvgIpc) is 3.25. The molecule has 0 aliphatic heterocycles. The molecule has 3 nitrogen and oxygen atoms in total. The third-order valence-electron chi connectivity index (χ3n) is 3.94. The highest BCUT2D eigenvalue weighted by atomic mass is 16.3. The van der Waals surface area contributed by atoms with Crippen molar-refractivity contribution in [2.75, 3.05) is 6.54 Å². The maximum Gasteiger partial charge on any atom is 0.118 e. The molecule has 0 unspecified atom stereocenters. The first-order valence-corrected chi connectivity index (χ1v) is 7.90. The van der Waals surface area contributed by atoms with Gasteiger partial charge in [0.1, 0.15) is 11.5 Å². The van der Waals surface area contributed by atoms with Crippen LogP contribution in [0.1, 0.15) is 36.8 Å². The zero-order valence-corrected chi connectivity index (χ0v) is 12.7. The van der Waals surface area contributed by atoms with Crippen LogP contribution in [0, 0.1) is 0 Å². The molecule has 112 valence electrons. The monoisotopic (exact) mass is 284 g/mol. The smallest absolute Gasteiger partial charge is 0.118 e. The van der Waals surface area contributed by atoms with Gasteiger partial charge in [0.05, 0.1) is 13.1 Å². The molecule has 21 heavy (non-hydrogen) atoms. The van der Waals surface area contributed by atoms with Crippen LogP contribution in [0.3, 0.4) is 0 Å². The van der Waals surface area contributed by atoms with Gasteiger partial charge in [-0.2, -0.15) is 0 Å². The van der Waals surface area contributed by atoms with Gasteiger partial charge in [0, 0.05) is 12.6 Å². The average molecular weight is 284 g/mol. The molecule has 2 aromatic rings. The lowest BCUT2D eigenvalue weighted by Crippen LogP contribution is -2.22. The van der Waals surface area contributed by atoms with E-state index in [-0.39, 0.29) is 0 Å². The molecular weight excluding hydrogens is 260 g/mol. The SMILES string of the molecule is CCN(Cc1ccccc1)Cc1ccc(CNC2CC2)o1. The van der Waals surface area contributed by atoms with E-state index in [0.717, 1.165) is 43.7 Å². The van der Waals surface area contributed by atoms with E-state index >= 15 is 0 Å². The Balaban J connectivity index is 1.53. The second-order valence-corrected chi connectivity index (χ2v) is 5.81. The molecule has 0 amide bonds. The highest BCUT2D eigenvalue weighted by Crippen LogP contribution is 2.20. The maximum atomic E-state index is 5.93. The Labute approximate surface area is 127 Å². The molecule has 3 rings (SSSR count). The Hall–Kier alpha value is -1.58. The van der Waals surface area contributed by atoms with Crippen molar-refractivity contribution >= 4 is 0 Å². The Kier molecular flexibility index (Phi) is 4.73. The van der Waals surface area contributed by atoms with Crippen molar-refractivity contribution in [3.8, 4) is 0 Å². The van der Waals surface area contributed by atoms with Crippen LogP contribution in [-0.2, 0) is 19.6 Å². The predicted octanol–water partition coefficient (Wildman–Crippen LogP) is 3.55. The first kappa shape index (κ1) is 14.4. The van der Waals surface area contributed by atoms with Gasteiger partial charge in [0.25, 0.3) is 0 Å². The van der Waals surface area contributed by atoms with Gasteiger partial charge in [-0.15, -0.1) is 0 Å². The fourth-order valence-corrected chi connectivity index (χ4v) is 2.48. The molecule has 3 heteroatoms. The molecule has 0 saturated heterocycles. The van der Waals surface area contributed by atoms with Crippen molar-refractivity contribution in [2.24, 2.45) is 0 Å². The number of furan rings is 1.